The average Bonchev–Trinajstić information content (AvgIpc) is 2.73. The highest BCUT2D eigenvalue weighted by Gasteiger charge is 2.21. The third-order valence-electron chi connectivity index (χ3n) is 5.24. The minimum Gasteiger partial charge on any atom is -0.493 e. The van der Waals surface area contributed by atoms with E-state index in [0.29, 0.717) is 17.9 Å². The minimum absolute atomic E-state index is 0.0575. The van der Waals surface area contributed by atoms with Gasteiger partial charge in [0.2, 0.25) is 5.91 Å². The summed E-state index contributed by atoms with van der Waals surface area (Å²) in [5.74, 6) is 1.38. The molecule has 1 amide bonds. The zero-order chi connectivity index (χ0) is 19.8. The summed E-state index contributed by atoms with van der Waals surface area (Å²) in [7, 11) is 3.21. The fourth-order valence-electron chi connectivity index (χ4n) is 3.76. The summed E-state index contributed by atoms with van der Waals surface area (Å²) in [4.78, 5) is 15.0. The number of carbonyl (C=O) groups is 1. The number of ether oxygens (including phenoxy) is 2. The molecule has 0 radical (unpaired) electrons. The highest BCUT2D eigenvalue weighted by molar-refractivity contribution is 5.79. The monoisotopic (exact) mass is 382 g/mol. The van der Waals surface area contributed by atoms with E-state index >= 15 is 0 Å². The molecule has 0 saturated carbocycles. The van der Waals surface area contributed by atoms with E-state index < -0.39 is 0 Å². The molecule has 5 heteroatoms. The number of hydrogen-bond acceptors (Lipinski definition) is 4. The van der Waals surface area contributed by atoms with Crippen molar-refractivity contribution in [2.75, 3.05) is 33.9 Å². The van der Waals surface area contributed by atoms with Gasteiger partial charge < -0.3 is 19.7 Å². The Bertz CT molecular complexity index is 764. The van der Waals surface area contributed by atoms with Gasteiger partial charge >= 0.3 is 0 Å². The summed E-state index contributed by atoms with van der Waals surface area (Å²) in [6, 6.07) is 16.4. The second kappa shape index (κ2) is 10.1. The first-order valence-electron chi connectivity index (χ1n) is 9.94. The van der Waals surface area contributed by atoms with Gasteiger partial charge in [0.15, 0.2) is 11.5 Å². The van der Waals surface area contributed by atoms with E-state index in [4.69, 9.17) is 9.47 Å². The van der Waals surface area contributed by atoms with E-state index in [1.54, 1.807) is 14.2 Å². The predicted octanol–water partition coefficient (Wildman–Crippen LogP) is 3.07. The number of piperidine rings is 1. The molecule has 1 saturated heterocycles. The maximum atomic E-state index is 12.5. The van der Waals surface area contributed by atoms with E-state index in [9.17, 15) is 4.79 Å². The molecule has 150 valence electrons. The average molecular weight is 383 g/mol. The Morgan fingerprint density at radius 3 is 2.61 bits per heavy atom. The predicted molar refractivity (Wildman–Crippen MR) is 111 cm³/mol. The molecule has 1 fully saturated rings. The van der Waals surface area contributed by atoms with E-state index in [-0.39, 0.29) is 11.9 Å². The second-order valence-electron chi connectivity index (χ2n) is 7.31. The maximum absolute atomic E-state index is 12.5. The molecular weight excluding hydrogens is 352 g/mol. The molecule has 2 aromatic rings. The van der Waals surface area contributed by atoms with Crippen LogP contribution >= 0.6 is 0 Å². The fraction of sp³-hybridized carbons (Fsp3) is 0.435. The van der Waals surface area contributed by atoms with Gasteiger partial charge in [-0.25, -0.2) is 0 Å². The Balaban J connectivity index is 1.48. The van der Waals surface area contributed by atoms with Crippen LogP contribution in [0.1, 0.15) is 24.0 Å². The van der Waals surface area contributed by atoms with E-state index in [1.807, 2.05) is 24.3 Å². The van der Waals surface area contributed by atoms with E-state index in [1.165, 1.54) is 5.56 Å². The van der Waals surface area contributed by atoms with Crippen LogP contribution in [0.5, 0.6) is 11.5 Å². The summed E-state index contributed by atoms with van der Waals surface area (Å²) in [5.41, 5.74) is 2.29. The van der Waals surface area contributed by atoms with Crippen molar-refractivity contribution in [1.29, 1.82) is 0 Å². The van der Waals surface area contributed by atoms with Gasteiger partial charge in [-0.2, -0.15) is 0 Å². The van der Waals surface area contributed by atoms with Crippen LogP contribution in [0.15, 0.2) is 48.5 Å². The number of rotatable bonds is 8. The maximum Gasteiger partial charge on any atom is 0.224 e. The summed E-state index contributed by atoms with van der Waals surface area (Å²) in [6.45, 7) is 3.06. The molecule has 1 aliphatic heterocycles. The number of hydrogen-bond donors (Lipinski definition) is 1. The van der Waals surface area contributed by atoms with Crippen molar-refractivity contribution < 1.29 is 14.3 Å². The van der Waals surface area contributed by atoms with E-state index in [2.05, 4.69) is 34.5 Å². The van der Waals surface area contributed by atoms with Crippen LogP contribution in [-0.2, 0) is 17.6 Å². The zero-order valence-electron chi connectivity index (χ0n) is 16.8. The Morgan fingerprint density at radius 1 is 1.07 bits per heavy atom. The molecule has 2 aromatic carbocycles. The van der Waals surface area contributed by atoms with Crippen LogP contribution < -0.4 is 14.8 Å². The highest BCUT2D eigenvalue weighted by atomic mass is 16.5. The van der Waals surface area contributed by atoms with Crippen LogP contribution in [0.4, 0.5) is 0 Å². The first-order valence-corrected chi connectivity index (χ1v) is 9.94. The number of carbonyl (C=O) groups excluding carboxylic acids is 1. The fourth-order valence-corrected chi connectivity index (χ4v) is 3.76. The minimum atomic E-state index is 0.0575. The standard InChI is InChI=1S/C23H30N2O3/c1-27-21-11-10-19(15-22(21)28-2)16-23(26)24-20-9-6-13-25(17-20)14-12-18-7-4-3-5-8-18/h3-5,7-8,10-11,15,20H,6,9,12-14,16-17H2,1-2H3,(H,24,26). The van der Waals surface area contributed by atoms with Crippen molar-refractivity contribution in [3.63, 3.8) is 0 Å². The molecule has 1 atom stereocenters. The number of benzene rings is 2. The number of likely N-dealkylation sites (tertiary alicyclic amines) is 1. The van der Waals surface area contributed by atoms with Crippen molar-refractivity contribution >= 4 is 5.91 Å². The Labute approximate surface area is 167 Å². The third-order valence-corrected chi connectivity index (χ3v) is 5.24. The van der Waals surface area contributed by atoms with Gasteiger partial charge in [-0.15, -0.1) is 0 Å². The lowest BCUT2D eigenvalue weighted by Gasteiger charge is -2.33. The Hall–Kier alpha value is -2.53. The van der Waals surface area contributed by atoms with Gasteiger partial charge in [0, 0.05) is 19.1 Å². The normalized spacial score (nSPS) is 17.1. The van der Waals surface area contributed by atoms with Crippen molar-refractivity contribution in [1.82, 2.24) is 10.2 Å². The van der Waals surface area contributed by atoms with Crippen LogP contribution in [0.2, 0.25) is 0 Å². The first-order chi connectivity index (χ1) is 13.7. The number of nitrogens with one attached hydrogen (secondary N) is 1. The van der Waals surface area contributed by atoms with Crippen LogP contribution in [0.3, 0.4) is 0 Å². The lowest BCUT2D eigenvalue weighted by molar-refractivity contribution is -0.121. The highest BCUT2D eigenvalue weighted by Crippen LogP contribution is 2.27. The van der Waals surface area contributed by atoms with Crippen molar-refractivity contribution in [2.24, 2.45) is 0 Å². The molecule has 0 bridgehead atoms. The van der Waals surface area contributed by atoms with Gasteiger partial charge in [0.05, 0.1) is 20.6 Å². The molecule has 28 heavy (non-hydrogen) atoms. The third kappa shape index (κ3) is 5.73. The Kier molecular flexibility index (Phi) is 7.31. The quantitative estimate of drug-likeness (QED) is 0.762. The van der Waals surface area contributed by atoms with Crippen molar-refractivity contribution in [3.05, 3.63) is 59.7 Å². The van der Waals surface area contributed by atoms with Gasteiger partial charge in [-0.3, -0.25) is 4.79 Å². The molecule has 1 heterocycles. The molecule has 0 spiro atoms. The first kappa shape index (κ1) is 20.2. The lowest BCUT2D eigenvalue weighted by atomic mass is 10.0. The molecule has 1 aliphatic rings. The SMILES string of the molecule is COc1ccc(CC(=O)NC2CCCN(CCc3ccccc3)C2)cc1OC. The largest absolute Gasteiger partial charge is 0.493 e. The summed E-state index contributed by atoms with van der Waals surface area (Å²) < 4.78 is 10.6. The summed E-state index contributed by atoms with van der Waals surface area (Å²) in [6.07, 6.45) is 3.56. The van der Waals surface area contributed by atoms with Crippen LogP contribution in [0.25, 0.3) is 0 Å². The van der Waals surface area contributed by atoms with Gasteiger partial charge in [-0.05, 0) is 49.1 Å². The molecule has 0 aliphatic carbocycles. The topological polar surface area (TPSA) is 50.8 Å². The second-order valence-corrected chi connectivity index (χ2v) is 7.31. The van der Waals surface area contributed by atoms with Crippen molar-refractivity contribution in [3.8, 4) is 11.5 Å². The molecule has 5 nitrogen and oxygen atoms in total. The Morgan fingerprint density at radius 2 is 1.86 bits per heavy atom. The van der Waals surface area contributed by atoms with Crippen LogP contribution in [0, 0.1) is 0 Å². The lowest BCUT2D eigenvalue weighted by Crippen LogP contribution is -2.48. The molecule has 3 rings (SSSR count). The van der Waals surface area contributed by atoms with Crippen molar-refractivity contribution in [2.45, 2.75) is 31.7 Å². The van der Waals surface area contributed by atoms with Gasteiger partial charge in [0.25, 0.3) is 0 Å². The molecule has 1 unspecified atom stereocenters. The van der Waals surface area contributed by atoms with Gasteiger partial charge in [-0.1, -0.05) is 36.4 Å². The summed E-state index contributed by atoms with van der Waals surface area (Å²) in [5, 5.41) is 3.21. The van der Waals surface area contributed by atoms with Gasteiger partial charge in [0.1, 0.15) is 0 Å². The number of nitrogens with zero attached hydrogens (tertiary/aromatic N) is 1. The zero-order valence-corrected chi connectivity index (χ0v) is 16.8. The van der Waals surface area contributed by atoms with Crippen LogP contribution in [-0.4, -0.2) is 50.7 Å². The molecule has 1 N–H and O–H groups in total. The molecule has 0 aromatic heterocycles. The number of methoxy groups -OCH3 is 2. The number of amides is 1. The van der Waals surface area contributed by atoms with E-state index in [0.717, 1.165) is 44.5 Å². The summed E-state index contributed by atoms with van der Waals surface area (Å²) >= 11 is 0. The molecular formula is C23H30N2O3. The smallest absolute Gasteiger partial charge is 0.224 e.